The van der Waals surface area contributed by atoms with Crippen molar-refractivity contribution in [1.82, 2.24) is 5.32 Å². The monoisotopic (exact) mass is 372 g/mol. The Hall–Kier alpha value is -1.08. The van der Waals surface area contributed by atoms with Crippen LogP contribution in [-0.4, -0.2) is 42.9 Å². The molecule has 0 atom stereocenters. The highest BCUT2D eigenvalue weighted by molar-refractivity contribution is 8.03. The van der Waals surface area contributed by atoms with Crippen LogP contribution in [0.2, 0.25) is 5.02 Å². The summed E-state index contributed by atoms with van der Waals surface area (Å²) in [6.45, 7) is 3.96. The largest absolute Gasteiger partial charge is 0.445 e. The normalized spacial score (nSPS) is 16.4. The van der Waals surface area contributed by atoms with E-state index >= 15 is 0 Å². The van der Waals surface area contributed by atoms with Crippen LogP contribution in [0.25, 0.3) is 0 Å². The summed E-state index contributed by atoms with van der Waals surface area (Å²) in [5.41, 5.74) is 1.15. The summed E-state index contributed by atoms with van der Waals surface area (Å²) in [6, 6.07) is 9.77. The minimum atomic E-state index is -2.32. The lowest BCUT2D eigenvalue weighted by Crippen LogP contribution is -2.43. The molecule has 0 unspecified atom stereocenters. The highest BCUT2D eigenvalue weighted by Gasteiger charge is 2.16. The Bertz CT molecular complexity index is 735. The number of piperazine rings is 1. The number of thiol groups is 1. The van der Waals surface area contributed by atoms with Gasteiger partial charge in [0.05, 0.1) is 9.23 Å². The van der Waals surface area contributed by atoms with Gasteiger partial charge in [0.1, 0.15) is 5.75 Å². The summed E-state index contributed by atoms with van der Waals surface area (Å²) in [6.07, 6.45) is 3.48. The number of ether oxygens (including phenoxy) is 1. The lowest BCUT2D eigenvalue weighted by molar-refractivity contribution is 0.496. The van der Waals surface area contributed by atoms with Crippen molar-refractivity contribution in [2.45, 2.75) is 4.21 Å². The molecule has 2 heterocycles. The maximum atomic E-state index is 12.2. The molecule has 3 rings (SSSR count). The molecule has 1 aromatic heterocycles. The summed E-state index contributed by atoms with van der Waals surface area (Å²) in [4.78, 5) is 2.33. The maximum absolute atomic E-state index is 12.2. The quantitative estimate of drug-likeness (QED) is 0.808. The number of nitrogens with zero attached hydrogens (tertiary/aromatic N) is 1. The zero-order valence-electron chi connectivity index (χ0n) is 13.2. The molecule has 1 aliphatic heterocycles. The van der Waals surface area contributed by atoms with Crippen molar-refractivity contribution in [2.75, 3.05) is 43.6 Å². The number of hydrogen-bond acceptors (Lipinski definition) is 5. The minimum Gasteiger partial charge on any atom is -0.445 e. The molecule has 0 spiro atoms. The summed E-state index contributed by atoms with van der Waals surface area (Å²) < 4.78 is 18.9. The van der Waals surface area contributed by atoms with Gasteiger partial charge >= 0.3 is 0 Å². The molecule has 126 valence electrons. The van der Waals surface area contributed by atoms with E-state index in [1.807, 2.05) is 18.2 Å². The molecule has 1 saturated heterocycles. The molecule has 2 aromatic rings. The second-order valence-corrected chi connectivity index (χ2v) is 10.8. The lowest BCUT2D eigenvalue weighted by Gasteiger charge is -2.29. The Kier molecular flexibility index (Phi) is 4.96. The number of benzene rings is 1. The molecule has 0 bridgehead atoms. The SMILES string of the molecule is C[SH](C)(=O)c1cc(Cl)c(Oc2cccc(N3CCNCC3)c2)s1. The third-order valence-electron chi connectivity index (χ3n) is 3.68. The predicted octanol–water partition coefficient (Wildman–Crippen LogP) is 3.24. The van der Waals surface area contributed by atoms with Crippen LogP contribution in [0.15, 0.2) is 34.5 Å². The number of hydrogen-bond donors (Lipinski definition) is 2. The average Bonchev–Trinajstić information content (AvgIpc) is 2.90. The summed E-state index contributed by atoms with van der Waals surface area (Å²) in [5, 5.41) is 4.46. The first-order valence-electron chi connectivity index (χ1n) is 7.52. The van der Waals surface area contributed by atoms with E-state index in [1.54, 1.807) is 18.6 Å². The van der Waals surface area contributed by atoms with Crippen LogP contribution in [-0.2, 0) is 9.93 Å². The van der Waals surface area contributed by atoms with Crippen LogP contribution in [0.4, 0.5) is 5.69 Å². The molecular formula is C16H21ClN2O2S2. The number of rotatable bonds is 4. The van der Waals surface area contributed by atoms with E-state index in [0.717, 1.165) is 41.8 Å². The van der Waals surface area contributed by atoms with Gasteiger partial charge in [-0.2, -0.15) is 0 Å². The molecule has 1 aliphatic rings. The molecule has 0 aliphatic carbocycles. The van der Waals surface area contributed by atoms with Crippen molar-refractivity contribution in [2.24, 2.45) is 0 Å². The number of anilines is 1. The Morgan fingerprint density at radius 1 is 1.26 bits per heavy atom. The Morgan fingerprint density at radius 3 is 2.65 bits per heavy atom. The molecule has 23 heavy (non-hydrogen) atoms. The van der Waals surface area contributed by atoms with Crippen molar-refractivity contribution in [1.29, 1.82) is 0 Å². The summed E-state index contributed by atoms with van der Waals surface area (Å²) >= 11 is 7.60. The third kappa shape index (κ3) is 4.07. The Morgan fingerprint density at radius 2 is 2.00 bits per heavy atom. The van der Waals surface area contributed by atoms with Gasteiger partial charge in [0.25, 0.3) is 0 Å². The second-order valence-electron chi connectivity index (χ2n) is 5.91. The molecule has 4 nitrogen and oxygen atoms in total. The molecular weight excluding hydrogens is 352 g/mol. The van der Waals surface area contributed by atoms with Gasteiger partial charge in [-0.1, -0.05) is 38.9 Å². The Balaban J connectivity index is 1.80. The molecule has 1 N–H and O–H groups in total. The van der Waals surface area contributed by atoms with Gasteiger partial charge < -0.3 is 15.0 Å². The first-order valence-corrected chi connectivity index (χ1v) is 11.3. The molecule has 1 fully saturated rings. The van der Waals surface area contributed by atoms with Crippen molar-refractivity contribution in [3.8, 4) is 10.8 Å². The number of halogens is 1. The van der Waals surface area contributed by atoms with E-state index in [9.17, 15) is 4.21 Å². The lowest BCUT2D eigenvalue weighted by atomic mass is 10.2. The van der Waals surface area contributed by atoms with Crippen LogP contribution < -0.4 is 15.0 Å². The van der Waals surface area contributed by atoms with E-state index in [-0.39, 0.29) is 0 Å². The van der Waals surface area contributed by atoms with Gasteiger partial charge in [-0.25, -0.2) is 0 Å². The van der Waals surface area contributed by atoms with Gasteiger partial charge in [0, 0.05) is 37.9 Å². The number of nitrogens with one attached hydrogen (secondary N) is 1. The van der Waals surface area contributed by atoms with Gasteiger partial charge in [-0.15, -0.1) is 0 Å². The molecule has 0 radical (unpaired) electrons. The van der Waals surface area contributed by atoms with Crippen LogP contribution in [0.1, 0.15) is 0 Å². The van der Waals surface area contributed by atoms with Gasteiger partial charge in [-0.05, 0) is 30.7 Å². The summed E-state index contributed by atoms with van der Waals surface area (Å²) in [7, 11) is -2.32. The fraction of sp³-hybridized carbons (Fsp3) is 0.375. The van der Waals surface area contributed by atoms with Gasteiger partial charge in [0.15, 0.2) is 0 Å². The highest BCUT2D eigenvalue weighted by atomic mass is 35.5. The van der Waals surface area contributed by atoms with E-state index in [4.69, 9.17) is 16.3 Å². The maximum Gasteiger partial charge on any atom is 0.200 e. The van der Waals surface area contributed by atoms with Crippen LogP contribution in [0, 0.1) is 0 Å². The summed E-state index contributed by atoms with van der Waals surface area (Å²) in [5.74, 6) is 0.748. The van der Waals surface area contributed by atoms with E-state index < -0.39 is 9.93 Å². The van der Waals surface area contributed by atoms with Crippen molar-refractivity contribution in [3.63, 3.8) is 0 Å². The molecule has 0 amide bonds. The zero-order chi connectivity index (χ0) is 16.4. The second kappa shape index (κ2) is 6.81. The van der Waals surface area contributed by atoms with Crippen LogP contribution in [0.5, 0.6) is 10.8 Å². The zero-order valence-corrected chi connectivity index (χ0v) is 15.7. The van der Waals surface area contributed by atoms with Crippen LogP contribution in [0.3, 0.4) is 0 Å². The number of thiophene rings is 1. The first-order chi connectivity index (χ1) is 10.9. The standard InChI is InChI=1S/C16H21ClN2O2S2/c1-23(2,20)15-11-14(17)16(22-15)21-13-5-3-4-12(10-13)19-8-6-18-7-9-19/h3-5,10-11,18,23H,6-9H2,1-2H3. The van der Waals surface area contributed by atoms with Crippen molar-refractivity contribution >= 4 is 38.6 Å². The predicted molar refractivity (Wildman–Crippen MR) is 101 cm³/mol. The van der Waals surface area contributed by atoms with E-state index in [1.165, 1.54) is 11.3 Å². The minimum absolute atomic E-state index is 0.515. The first kappa shape index (κ1) is 16.8. The molecule has 1 aromatic carbocycles. The fourth-order valence-corrected chi connectivity index (χ4v) is 5.08. The molecule has 0 saturated carbocycles. The van der Waals surface area contributed by atoms with Crippen LogP contribution >= 0.6 is 22.9 Å². The fourth-order valence-electron chi connectivity index (χ4n) is 2.45. The molecule has 7 heteroatoms. The van der Waals surface area contributed by atoms with Gasteiger partial charge in [-0.3, -0.25) is 4.21 Å². The van der Waals surface area contributed by atoms with E-state index in [0.29, 0.717) is 10.1 Å². The third-order valence-corrected chi connectivity index (χ3v) is 7.68. The van der Waals surface area contributed by atoms with Crippen molar-refractivity contribution in [3.05, 3.63) is 35.4 Å². The average molecular weight is 373 g/mol. The smallest absolute Gasteiger partial charge is 0.200 e. The van der Waals surface area contributed by atoms with Crippen molar-refractivity contribution < 1.29 is 8.95 Å². The highest BCUT2D eigenvalue weighted by Crippen LogP contribution is 2.41. The Labute approximate surface area is 146 Å². The topological polar surface area (TPSA) is 41.6 Å². The van der Waals surface area contributed by atoms with E-state index in [2.05, 4.69) is 16.3 Å². The van der Waals surface area contributed by atoms with Gasteiger partial charge in [0.2, 0.25) is 5.06 Å².